The summed E-state index contributed by atoms with van der Waals surface area (Å²) in [5, 5.41) is 4.44. The Kier molecular flexibility index (Phi) is 3.69. The lowest BCUT2D eigenvalue weighted by molar-refractivity contribution is 0.0523. The number of nitrogens with zero attached hydrogens (tertiary/aromatic N) is 2. The molecule has 2 saturated heterocycles. The highest BCUT2D eigenvalue weighted by molar-refractivity contribution is 5.68. The van der Waals surface area contributed by atoms with Crippen LogP contribution in [0, 0.1) is 0 Å². The van der Waals surface area contributed by atoms with E-state index >= 15 is 0 Å². The van der Waals surface area contributed by atoms with Gasteiger partial charge in [0.05, 0.1) is 0 Å². The maximum atomic E-state index is 12.0. The summed E-state index contributed by atoms with van der Waals surface area (Å²) in [6.07, 6.45) is 2.62. The number of hydrogen-bond acceptors (Lipinski definition) is 2. The molecule has 0 N–H and O–H groups in total. The van der Waals surface area contributed by atoms with Gasteiger partial charge in [-0.2, -0.15) is 5.32 Å². The molecule has 1 aromatic rings. The number of carbonyl (C=O) groups excluding carboxylic acids is 1. The van der Waals surface area contributed by atoms with Gasteiger partial charge in [-0.3, -0.25) is 0 Å². The van der Waals surface area contributed by atoms with E-state index in [0.29, 0.717) is 0 Å². The molecule has 0 bridgehead atoms. The van der Waals surface area contributed by atoms with E-state index in [1.165, 1.54) is 5.56 Å². The SMILES string of the molecule is O=C(OC1[N]CC[C@@H]1c1ccccc1)N1CCCC1. The summed E-state index contributed by atoms with van der Waals surface area (Å²) < 4.78 is 5.58. The molecule has 0 aromatic heterocycles. The van der Waals surface area contributed by atoms with Gasteiger partial charge in [-0.25, -0.2) is 4.79 Å². The molecule has 0 saturated carbocycles. The van der Waals surface area contributed by atoms with Crippen LogP contribution in [0.5, 0.6) is 0 Å². The number of likely N-dealkylation sites (tertiary alicyclic amines) is 1. The van der Waals surface area contributed by atoms with Crippen molar-refractivity contribution < 1.29 is 9.53 Å². The summed E-state index contributed by atoms with van der Waals surface area (Å²) in [6.45, 7) is 2.42. The van der Waals surface area contributed by atoms with Crippen molar-refractivity contribution in [2.75, 3.05) is 19.6 Å². The molecular formula is C15H19N2O2. The minimum atomic E-state index is -0.310. The standard InChI is InChI=1S/C15H19N2O2/c18-15(17-10-4-5-11-17)19-14-13(8-9-16-14)12-6-2-1-3-7-12/h1-3,6-7,13-14H,4-5,8-11H2/t13-,14?/m1/s1. The second kappa shape index (κ2) is 5.61. The average Bonchev–Trinajstić information content (AvgIpc) is 3.11. The number of rotatable bonds is 2. The van der Waals surface area contributed by atoms with E-state index < -0.39 is 0 Å². The van der Waals surface area contributed by atoms with Crippen LogP contribution in [-0.2, 0) is 4.74 Å². The second-order valence-electron chi connectivity index (χ2n) is 5.18. The fraction of sp³-hybridized carbons (Fsp3) is 0.533. The van der Waals surface area contributed by atoms with Crippen molar-refractivity contribution in [2.45, 2.75) is 31.4 Å². The molecule has 4 nitrogen and oxygen atoms in total. The highest BCUT2D eigenvalue weighted by Crippen LogP contribution is 2.29. The Morgan fingerprint density at radius 2 is 1.95 bits per heavy atom. The largest absolute Gasteiger partial charge is 0.428 e. The van der Waals surface area contributed by atoms with Gasteiger partial charge in [-0.15, -0.1) is 0 Å². The molecule has 1 radical (unpaired) electrons. The monoisotopic (exact) mass is 259 g/mol. The second-order valence-corrected chi connectivity index (χ2v) is 5.18. The molecule has 19 heavy (non-hydrogen) atoms. The predicted molar refractivity (Wildman–Crippen MR) is 71.9 cm³/mol. The van der Waals surface area contributed by atoms with Crippen molar-refractivity contribution in [3.63, 3.8) is 0 Å². The van der Waals surface area contributed by atoms with E-state index in [2.05, 4.69) is 17.4 Å². The fourth-order valence-electron chi connectivity index (χ4n) is 2.84. The van der Waals surface area contributed by atoms with Gasteiger partial charge in [0.1, 0.15) is 0 Å². The minimum absolute atomic E-state index is 0.200. The topological polar surface area (TPSA) is 43.6 Å². The third-order valence-electron chi connectivity index (χ3n) is 3.91. The molecule has 0 spiro atoms. The molecule has 2 atom stereocenters. The van der Waals surface area contributed by atoms with Crippen molar-refractivity contribution in [2.24, 2.45) is 0 Å². The number of benzene rings is 1. The Bertz CT molecular complexity index is 429. The van der Waals surface area contributed by atoms with Crippen LogP contribution < -0.4 is 5.32 Å². The summed E-state index contributed by atoms with van der Waals surface area (Å²) in [6, 6.07) is 10.2. The smallest absolute Gasteiger partial charge is 0.411 e. The Balaban J connectivity index is 1.65. The quantitative estimate of drug-likeness (QED) is 0.818. The molecule has 3 rings (SSSR count). The normalized spacial score (nSPS) is 26.6. The van der Waals surface area contributed by atoms with Crippen LogP contribution in [0.25, 0.3) is 0 Å². The lowest BCUT2D eigenvalue weighted by Crippen LogP contribution is -2.35. The third kappa shape index (κ3) is 2.73. The Hall–Kier alpha value is -1.55. The average molecular weight is 259 g/mol. The Labute approximate surface area is 113 Å². The molecule has 4 heteroatoms. The molecule has 1 aromatic carbocycles. The summed E-state index contributed by atoms with van der Waals surface area (Å²) in [5.41, 5.74) is 1.21. The molecule has 2 aliphatic rings. The first-order valence-electron chi connectivity index (χ1n) is 7.02. The zero-order chi connectivity index (χ0) is 13.1. The van der Waals surface area contributed by atoms with Gasteiger partial charge in [0.2, 0.25) is 0 Å². The van der Waals surface area contributed by atoms with E-state index in [-0.39, 0.29) is 18.2 Å². The molecule has 1 amide bonds. The zero-order valence-corrected chi connectivity index (χ0v) is 11.0. The molecule has 0 aliphatic carbocycles. The van der Waals surface area contributed by atoms with E-state index in [1.54, 1.807) is 4.90 Å². The molecule has 2 aliphatic heterocycles. The van der Waals surface area contributed by atoms with Crippen LogP contribution in [0.4, 0.5) is 4.79 Å². The fourth-order valence-corrected chi connectivity index (χ4v) is 2.84. The lowest BCUT2D eigenvalue weighted by atomic mass is 9.97. The van der Waals surface area contributed by atoms with Crippen LogP contribution in [-0.4, -0.2) is 36.9 Å². The first-order chi connectivity index (χ1) is 9.34. The van der Waals surface area contributed by atoms with Crippen molar-refractivity contribution in [3.05, 3.63) is 35.9 Å². The molecule has 2 fully saturated rings. The maximum Gasteiger partial charge on any atom is 0.411 e. The molecule has 1 unspecified atom stereocenters. The number of ether oxygens (including phenoxy) is 1. The molecule has 101 valence electrons. The van der Waals surface area contributed by atoms with Crippen LogP contribution in [0.1, 0.15) is 30.7 Å². The number of hydrogen-bond donors (Lipinski definition) is 0. The third-order valence-corrected chi connectivity index (χ3v) is 3.91. The molecular weight excluding hydrogens is 240 g/mol. The van der Waals surface area contributed by atoms with Gasteiger partial charge in [0, 0.05) is 25.6 Å². The van der Waals surface area contributed by atoms with Crippen LogP contribution in [0.15, 0.2) is 30.3 Å². The van der Waals surface area contributed by atoms with Gasteiger partial charge < -0.3 is 9.64 Å². The summed E-state index contributed by atoms with van der Waals surface area (Å²) >= 11 is 0. The highest BCUT2D eigenvalue weighted by Gasteiger charge is 2.34. The lowest BCUT2D eigenvalue weighted by Gasteiger charge is -2.22. The maximum absolute atomic E-state index is 12.0. The first kappa shape index (κ1) is 12.5. The van der Waals surface area contributed by atoms with Crippen LogP contribution in [0.2, 0.25) is 0 Å². The van der Waals surface area contributed by atoms with Crippen LogP contribution in [0.3, 0.4) is 0 Å². The predicted octanol–water partition coefficient (Wildman–Crippen LogP) is 2.34. The van der Waals surface area contributed by atoms with Gasteiger partial charge in [-0.1, -0.05) is 30.3 Å². The first-order valence-corrected chi connectivity index (χ1v) is 7.02. The van der Waals surface area contributed by atoms with E-state index in [0.717, 1.165) is 38.9 Å². The van der Waals surface area contributed by atoms with Crippen LogP contribution >= 0.6 is 0 Å². The van der Waals surface area contributed by atoms with E-state index in [1.807, 2.05) is 18.2 Å². The minimum Gasteiger partial charge on any atom is -0.428 e. The Morgan fingerprint density at radius 3 is 2.68 bits per heavy atom. The molecule has 2 heterocycles. The number of carbonyl (C=O) groups is 1. The number of amides is 1. The summed E-state index contributed by atoms with van der Waals surface area (Å²) in [5.74, 6) is 0.216. The van der Waals surface area contributed by atoms with Gasteiger partial charge in [-0.05, 0) is 24.8 Å². The van der Waals surface area contributed by atoms with Crippen molar-refractivity contribution in [1.29, 1.82) is 0 Å². The van der Waals surface area contributed by atoms with Crippen molar-refractivity contribution >= 4 is 6.09 Å². The highest BCUT2D eigenvalue weighted by atomic mass is 16.6. The van der Waals surface area contributed by atoms with Crippen molar-refractivity contribution in [3.8, 4) is 0 Å². The van der Waals surface area contributed by atoms with Gasteiger partial charge >= 0.3 is 6.09 Å². The van der Waals surface area contributed by atoms with E-state index in [9.17, 15) is 4.79 Å². The van der Waals surface area contributed by atoms with Gasteiger partial charge in [0.25, 0.3) is 0 Å². The van der Waals surface area contributed by atoms with Crippen molar-refractivity contribution in [1.82, 2.24) is 10.2 Å². The zero-order valence-electron chi connectivity index (χ0n) is 11.0. The van der Waals surface area contributed by atoms with Gasteiger partial charge in [0.15, 0.2) is 6.23 Å². The summed E-state index contributed by atoms with van der Waals surface area (Å²) in [7, 11) is 0. The van der Waals surface area contributed by atoms with E-state index in [4.69, 9.17) is 4.74 Å². The summed E-state index contributed by atoms with van der Waals surface area (Å²) in [4.78, 5) is 13.8. The Morgan fingerprint density at radius 1 is 1.21 bits per heavy atom.